The van der Waals surface area contributed by atoms with E-state index in [1.54, 1.807) is 0 Å². The highest BCUT2D eigenvalue weighted by Gasteiger charge is 2.51. The Hall–Kier alpha value is -0.950. The molecule has 0 N–H and O–H groups in total. The summed E-state index contributed by atoms with van der Waals surface area (Å²) in [5, 5.41) is 10.5. The van der Waals surface area contributed by atoms with Crippen molar-refractivity contribution in [3.8, 4) is 0 Å². The van der Waals surface area contributed by atoms with Gasteiger partial charge in [0.15, 0.2) is 0 Å². The lowest BCUT2D eigenvalue weighted by Gasteiger charge is -2.36. The number of aliphatic carboxylic acids is 1. The van der Waals surface area contributed by atoms with Gasteiger partial charge in [0.2, 0.25) is 0 Å². The second-order valence-corrected chi connectivity index (χ2v) is 4.20. The van der Waals surface area contributed by atoms with Crippen LogP contribution < -0.4 is 5.11 Å². The monoisotopic (exact) mass is 263 g/mol. The van der Waals surface area contributed by atoms with Crippen molar-refractivity contribution in [1.82, 2.24) is 0 Å². The first-order chi connectivity index (χ1) is 7.51. The van der Waals surface area contributed by atoms with Gasteiger partial charge in [-0.2, -0.15) is 26.3 Å². The van der Waals surface area contributed by atoms with E-state index in [4.69, 9.17) is 0 Å². The lowest BCUT2D eigenvalue weighted by molar-refractivity contribution is -0.316. The SMILES string of the molecule is O=C([O-])C1C[C@H](C(F)(F)F)C[C@@H](C(F)(F)F)C1. The summed E-state index contributed by atoms with van der Waals surface area (Å²) < 4.78 is 74.2. The molecule has 1 rings (SSSR count). The molecule has 8 heteroatoms. The van der Waals surface area contributed by atoms with Crippen molar-refractivity contribution in [3.63, 3.8) is 0 Å². The molecule has 0 bridgehead atoms. The molecule has 1 aliphatic rings. The van der Waals surface area contributed by atoms with Crippen molar-refractivity contribution < 1.29 is 36.2 Å². The fraction of sp³-hybridized carbons (Fsp3) is 0.889. The van der Waals surface area contributed by atoms with Gasteiger partial charge in [0, 0.05) is 5.97 Å². The van der Waals surface area contributed by atoms with Gasteiger partial charge in [-0.25, -0.2) is 0 Å². The number of carbonyl (C=O) groups is 1. The Kier molecular flexibility index (Phi) is 3.63. The van der Waals surface area contributed by atoms with Crippen LogP contribution in [-0.2, 0) is 4.79 Å². The zero-order chi connectivity index (χ0) is 13.4. The van der Waals surface area contributed by atoms with E-state index in [1.165, 1.54) is 0 Å². The molecule has 1 fully saturated rings. The second-order valence-electron chi connectivity index (χ2n) is 4.20. The lowest BCUT2D eigenvalue weighted by Crippen LogP contribution is -2.44. The molecule has 2 nitrogen and oxygen atoms in total. The second kappa shape index (κ2) is 4.38. The number of hydrogen-bond donors (Lipinski definition) is 0. The van der Waals surface area contributed by atoms with E-state index in [-0.39, 0.29) is 0 Å². The predicted octanol–water partition coefficient (Wildman–Crippen LogP) is 1.89. The number of halogens is 6. The predicted molar refractivity (Wildman–Crippen MR) is 41.4 cm³/mol. The zero-order valence-corrected chi connectivity index (χ0v) is 8.44. The van der Waals surface area contributed by atoms with Crippen LogP contribution in [0, 0.1) is 17.8 Å². The summed E-state index contributed by atoms with van der Waals surface area (Å²) in [5.74, 6) is -8.01. The summed E-state index contributed by atoms with van der Waals surface area (Å²) in [7, 11) is 0. The minimum atomic E-state index is -4.81. The van der Waals surface area contributed by atoms with Crippen molar-refractivity contribution in [3.05, 3.63) is 0 Å². The van der Waals surface area contributed by atoms with Crippen molar-refractivity contribution in [2.45, 2.75) is 31.6 Å². The van der Waals surface area contributed by atoms with Crippen molar-refractivity contribution in [1.29, 1.82) is 0 Å². The minimum absolute atomic E-state index is 0.835. The van der Waals surface area contributed by atoms with Crippen LogP contribution in [0.25, 0.3) is 0 Å². The maximum absolute atomic E-state index is 12.4. The Bertz CT molecular complexity index is 273. The molecule has 0 radical (unpaired) electrons. The molecule has 0 aromatic rings. The Morgan fingerprint density at radius 1 is 0.882 bits per heavy atom. The molecule has 0 aliphatic heterocycles. The fourth-order valence-electron chi connectivity index (χ4n) is 2.05. The summed E-state index contributed by atoms with van der Waals surface area (Å²) in [4.78, 5) is 10.5. The van der Waals surface area contributed by atoms with E-state index in [0.717, 1.165) is 0 Å². The third-order valence-corrected chi connectivity index (χ3v) is 2.97. The van der Waals surface area contributed by atoms with Gasteiger partial charge in [-0.15, -0.1) is 0 Å². The van der Waals surface area contributed by atoms with Crippen LogP contribution >= 0.6 is 0 Å². The third kappa shape index (κ3) is 3.50. The molecule has 0 aromatic carbocycles. The molecular weight excluding hydrogens is 254 g/mol. The van der Waals surface area contributed by atoms with Crippen LogP contribution in [0.2, 0.25) is 0 Å². The Morgan fingerprint density at radius 3 is 1.47 bits per heavy atom. The molecule has 1 saturated carbocycles. The van der Waals surface area contributed by atoms with Gasteiger partial charge >= 0.3 is 12.4 Å². The number of hydrogen-bond acceptors (Lipinski definition) is 2. The molecule has 100 valence electrons. The van der Waals surface area contributed by atoms with Gasteiger partial charge in [-0.1, -0.05) is 0 Å². The van der Waals surface area contributed by atoms with Gasteiger partial charge < -0.3 is 9.90 Å². The highest BCUT2D eigenvalue weighted by molar-refractivity contribution is 5.67. The van der Waals surface area contributed by atoms with E-state index in [2.05, 4.69) is 0 Å². The van der Waals surface area contributed by atoms with Gasteiger partial charge in [0.05, 0.1) is 11.8 Å². The van der Waals surface area contributed by atoms with Gasteiger partial charge in [-0.05, 0) is 25.2 Å². The normalized spacial score (nSPS) is 31.3. The van der Waals surface area contributed by atoms with Crippen LogP contribution in [-0.4, -0.2) is 18.3 Å². The standard InChI is InChI=1S/C9H10F6O2/c10-8(11,12)5-1-4(7(16)17)2-6(3-5)9(13,14)15/h4-6H,1-3H2,(H,16,17)/p-1/t5-,6-/m0/s1. The molecule has 1 aliphatic carbocycles. The fourth-order valence-corrected chi connectivity index (χ4v) is 2.05. The van der Waals surface area contributed by atoms with Crippen LogP contribution in [0.1, 0.15) is 19.3 Å². The molecular formula is C9H9F6O2-. The van der Waals surface area contributed by atoms with E-state index in [9.17, 15) is 36.2 Å². The van der Waals surface area contributed by atoms with Crippen molar-refractivity contribution >= 4 is 5.97 Å². The summed E-state index contributed by atoms with van der Waals surface area (Å²) in [6, 6.07) is 0. The van der Waals surface area contributed by atoms with Crippen LogP contribution in [0.4, 0.5) is 26.3 Å². The molecule has 0 aromatic heterocycles. The average molecular weight is 263 g/mol. The van der Waals surface area contributed by atoms with E-state index < -0.39 is 55.3 Å². The Labute approximate surface area is 92.6 Å². The summed E-state index contributed by atoms with van der Waals surface area (Å²) in [6.07, 6.45) is -12.4. The summed E-state index contributed by atoms with van der Waals surface area (Å²) in [6.45, 7) is 0. The maximum Gasteiger partial charge on any atom is 0.391 e. The minimum Gasteiger partial charge on any atom is -0.550 e. The molecule has 0 amide bonds. The average Bonchev–Trinajstić information content (AvgIpc) is 2.14. The molecule has 2 atom stereocenters. The van der Waals surface area contributed by atoms with Crippen LogP contribution in [0.15, 0.2) is 0 Å². The van der Waals surface area contributed by atoms with Crippen LogP contribution in [0.3, 0.4) is 0 Å². The number of carboxylic acids is 1. The van der Waals surface area contributed by atoms with E-state index in [0.29, 0.717) is 0 Å². The Morgan fingerprint density at radius 2 is 1.24 bits per heavy atom. The topological polar surface area (TPSA) is 40.1 Å². The first kappa shape index (κ1) is 14.1. The molecule has 0 heterocycles. The summed E-state index contributed by atoms with van der Waals surface area (Å²) in [5.41, 5.74) is 0. The van der Waals surface area contributed by atoms with Crippen molar-refractivity contribution in [2.24, 2.45) is 17.8 Å². The van der Waals surface area contributed by atoms with Gasteiger partial charge in [0.1, 0.15) is 0 Å². The molecule has 0 unspecified atom stereocenters. The van der Waals surface area contributed by atoms with E-state index in [1.807, 2.05) is 0 Å². The lowest BCUT2D eigenvalue weighted by atomic mass is 9.74. The molecule has 0 spiro atoms. The third-order valence-electron chi connectivity index (χ3n) is 2.97. The number of rotatable bonds is 1. The number of alkyl halides is 6. The highest BCUT2D eigenvalue weighted by atomic mass is 19.4. The number of carbonyl (C=O) groups excluding carboxylic acids is 1. The zero-order valence-electron chi connectivity index (χ0n) is 8.44. The van der Waals surface area contributed by atoms with E-state index >= 15 is 0 Å². The van der Waals surface area contributed by atoms with Crippen molar-refractivity contribution in [2.75, 3.05) is 0 Å². The van der Waals surface area contributed by atoms with Gasteiger partial charge in [0.25, 0.3) is 0 Å². The highest BCUT2D eigenvalue weighted by Crippen LogP contribution is 2.47. The molecule has 17 heavy (non-hydrogen) atoms. The van der Waals surface area contributed by atoms with Gasteiger partial charge in [-0.3, -0.25) is 0 Å². The molecule has 0 saturated heterocycles. The smallest absolute Gasteiger partial charge is 0.391 e. The summed E-state index contributed by atoms with van der Waals surface area (Å²) >= 11 is 0. The number of carboxylic acid groups (broad SMARTS) is 1. The first-order valence-corrected chi connectivity index (χ1v) is 4.86. The largest absolute Gasteiger partial charge is 0.550 e. The maximum atomic E-state index is 12.4. The quantitative estimate of drug-likeness (QED) is 0.678. The first-order valence-electron chi connectivity index (χ1n) is 4.86. The Balaban J connectivity index is 2.88. The van der Waals surface area contributed by atoms with Crippen LogP contribution in [0.5, 0.6) is 0 Å².